The van der Waals surface area contributed by atoms with Crippen molar-refractivity contribution in [2.24, 2.45) is 0 Å². The van der Waals surface area contributed by atoms with Gasteiger partial charge in [-0.1, -0.05) is 13.0 Å². The Kier molecular flexibility index (Phi) is 4.32. The van der Waals surface area contributed by atoms with Crippen molar-refractivity contribution in [3.8, 4) is 0 Å². The molecule has 19 heavy (non-hydrogen) atoms. The molecule has 0 amide bonds. The number of pyridine rings is 1. The van der Waals surface area contributed by atoms with Gasteiger partial charge in [0, 0.05) is 24.5 Å². The predicted octanol–water partition coefficient (Wildman–Crippen LogP) is 2.61. The van der Waals surface area contributed by atoms with Gasteiger partial charge in [-0.05, 0) is 38.4 Å². The van der Waals surface area contributed by atoms with E-state index in [9.17, 15) is 0 Å². The molecule has 0 spiro atoms. The zero-order chi connectivity index (χ0) is 13.8. The first-order chi connectivity index (χ1) is 9.15. The monoisotopic (exact) mass is 258 g/mol. The molecule has 0 radical (unpaired) electrons. The second-order valence-electron chi connectivity index (χ2n) is 4.83. The van der Waals surface area contributed by atoms with Gasteiger partial charge in [0.2, 0.25) is 0 Å². The normalized spacial score (nSPS) is 12.6. The fraction of sp³-hybridized carbons (Fsp3) is 0.467. The lowest BCUT2D eigenvalue weighted by Gasteiger charge is -2.18. The second kappa shape index (κ2) is 5.97. The molecule has 0 bridgehead atoms. The predicted molar refractivity (Wildman–Crippen MR) is 77.1 cm³/mol. The van der Waals surface area contributed by atoms with Crippen LogP contribution in [0.1, 0.15) is 42.3 Å². The van der Waals surface area contributed by atoms with Crippen molar-refractivity contribution >= 4 is 0 Å². The van der Waals surface area contributed by atoms with Gasteiger partial charge in [0.25, 0.3) is 0 Å². The van der Waals surface area contributed by atoms with Gasteiger partial charge in [-0.2, -0.15) is 5.10 Å². The Hall–Kier alpha value is -1.68. The van der Waals surface area contributed by atoms with Crippen LogP contribution in [-0.4, -0.2) is 21.3 Å². The van der Waals surface area contributed by atoms with Crippen LogP contribution in [0, 0.1) is 13.8 Å². The van der Waals surface area contributed by atoms with Crippen LogP contribution in [0.15, 0.2) is 24.7 Å². The molecular formula is C15H22N4. The zero-order valence-corrected chi connectivity index (χ0v) is 12.1. The first kappa shape index (κ1) is 13.7. The smallest absolute Gasteiger partial charge is 0.0784 e. The van der Waals surface area contributed by atoms with E-state index in [0.717, 1.165) is 18.8 Å². The summed E-state index contributed by atoms with van der Waals surface area (Å²) in [6, 6.07) is 2.29. The second-order valence-corrected chi connectivity index (χ2v) is 4.83. The molecule has 2 rings (SSSR count). The molecule has 0 saturated carbocycles. The maximum Gasteiger partial charge on any atom is 0.0784 e. The van der Waals surface area contributed by atoms with E-state index >= 15 is 0 Å². The molecule has 0 aromatic carbocycles. The van der Waals surface area contributed by atoms with E-state index < -0.39 is 0 Å². The summed E-state index contributed by atoms with van der Waals surface area (Å²) in [6.07, 6.45) is 5.95. The zero-order valence-electron chi connectivity index (χ0n) is 12.1. The Morgan fingerprint density at radius 2 is 2.05 bits per heavy atom. The number of hydrogen-bond acceptors (Lipinski definition) is 3. The summed E-state index contributed by atoms with van der Waals surface area (Å²) in [6.45, 7) is 10.2. The molecule has 0 fully saturated rings. The number of nitrogens with one attached hydrogen (secondary N) is 1. The number of hydrogen-bond donors (Lipinski definition) is 1. The van der Waals surface area contributed by atoms with Crippen molar-refractivity contribution < 1.29 is 0 Å². The van der Waals surface area contributed by atoms with Gasteiger partial charge < -0.3 is 5.32 Å². The standard InChI is InChI=1S/C15H22N4/c1-5-16-15(13-9-18-19(6-2)10-13)14-12(4)7-11(3)8-17-14/h7-10,15-16H,5-6H2,1-4H3. The number of aryl methyl sites for hydroxylation is 3. The lowest BCUT2D eigenvalue weighted by molar-refractivity contribution is 0.608. The quantitative estimate of drug-likeness (QED) is 0.896. The topological polar surface area (TPSA) is 42.7 Å². The Bertz CT molecular complexity index is 545. The van der Waals surface area contributed by atoms with Crippen LogP contribution >= 0.6 is 0 Å². The molecule has 1 unspecified atom stereocenters. The van der Waals surface area contributed by atoms with E-state index in [-0.39, 0.29) is 6.04 Å². The van der Waals surface area contributed by atoms with Crippen LogP contribution < -0.4 is 5.32 Å². The summed E-state index contributed by atoms with van der Waals surface area (Å²) in [4.78, 5) is 4.61. The van der Waals surface area contributed by atoms with Gasteiger partial charge in [-0.25, -0.2) is 0 Å². The van der Waals surface area contributed by atoms with E-state index in [4.69, 9.17) is 0 Å². The summed E-state index contributed by atoms with van der Waals surface area (Å²) in [5.74, 6) is 0. The van der Waals surface area contributed by atoms with E-state index in [1.54, 1.807) is 0 Å². The Morgan fingerprint density at radius 1 is 1.26 bits per heavy atom. The van der Waals surface area contributed by atoms with Crippen molar-refractivity contribution in [1.29, 1.82) is 0 Å². The molecule has 4 heteroatoms. The van der Waals surface area contributed by atoms with Crippen molar-refractivity contribution in [3.63, 3.8) is 0 Å². The summed E-state index contributed by atoms with van der Waals surface area (Å²) in [5.41, 5.74) is 4.67. The van der Waals surface area contributed by atoms with E-state index in [1.807, 2.05) is 17.1 Å². The highest BCUT2D eigenvalue weighted by molar-refractivity contribution is 5.32. The van der Waals surface area contributed by atoms with E-state index in [1.165, 1.54) is 16.7 Å². The van der Waals surface area contributed by atoms with Crippen LogP contribution in [0.25, 0.3) is 0 Å². The van der Waals surface area contributed by atoms with Crippen molar-refractivity contribution in [2.75, 3.05) is 6.54 Å². The highest BCUT2D eigenvalue weighted by Gasteiger charge is 2.18. The van der Waals surface area contributed by atoms with Crippen molar-refractivity contribution in [2.45, 2.75) is 40.3 Å². The average Bonchev–Trinajstić information content (AvgIpc) is 2.85. The van der Waals surface area contributed by atoms with Gasteiger partial charge >= 0.3 is 0 Å². The maximum absolute atomic E-state index is 4.61. The van der Waals surface area contributed by atoms with E-state index in [0.29, 0.717) is 0 Å². The van der Waals surface area contributed by atoms with E-state index in [2.05, 4.69) is 55.4 Å². The van der Waals surface area contributed by atoms with Crippen LogP contribution in [-0.2, 0) is 6.54 Å². The third kappa shape index (κ3) is 3.01. The molecule has 2 aromatic rings. The molecule has 2 heterocycles. The first-order valence-corrected chi connectivity index (χ1v) is 6.84. The van der Waals surface area contributed by atoms with Gasteiger partial charge in [-0.15, -0.1) is 0 Å². The third-order valence-corrected chi connectivity index (χ3v) is 3.25. The lowest BCUT2D eigenvalue weighted by Crippen LogP contribution is -2.23. The van der Waals surface area contributed by atoms with Crippen molar-refractivity contribution in [1.82, 2.24) is 20.1 Å². The molecule has 102 valence electrons. The summed E-state index contributed by atoms with van der Waals surface area (Å²) in [5, 5.41) is 7.86. The minimum absolute atomic E-state index is 0.117. The number of aromatic nitrogens is 3. The highest BCUT2D eigenvalue weighted by atomic mass is 15.3. The Labute approximate surface area is 114 Å². The Balaban J connectivity index is 2.38. The minimum atomic E-state index is 0.117. The maximum atomic E-state index is 4.61. The fourth-order valence-corrected chi connectivity index (χ4v) is 2.31. The molecule has 0 saturated heterocycles. The van der Waals surface area contributed by atoms with Crippen LogP contribution in [0.4, 0.5) is 0 Å². The highest BCUT2D eigenvalue weighted by Crippen LogP contribution is 2.23. The fourth-order valence-electron chi connectivity index (χ4n) is 2.31. The average molecular weight is 258 g/mol. The summed E-state index contributed by atoms with van der Waals surface area (Å²) >= 11 is 0. The van der Waals surface area contributed by atoms with Gasteiger partial charge in [-0.3, -0.25) is 9.67 Å². The summed E-state index contributed by atoms with van der Waals surface area (Å²) in [7, 11) is 0. The van der Waals surface area contributed by atoms with Gasteiger partial charge in [0.1, 0.15) is 0 Å². The number of nitrogens with zero attached hydrogens (tertiary/aromatic N) is 3. The molecular weight excluding hydrogens is 236 g/mol. The minimum Gasteiger partial charge on any atom is -0.305 e. The molecule has 4 nitrogen and oxygen atoms in total. The van der Waals surface area contributed by atoms with Crippen molar-refractivity contribution in [3.05, 3.63) is 47.0 Å². The van der Waals surface area contributed by atoms with Crippen LogP contribution in [0.3, 0.4) is 0 Å². The van der Waals surface area contributed by atoms with Crippen LogP contribution in [0.2, 0.25) is 0 Å². The molecule has 0 aliphatic heterocycles. The summed E-state index contributed by atoms with van der Waals surface area (Å²) < 4.78 is 1.95. The van der Waals surface area contributed by atoms with Gasteiger partial charge in [0.15, 0.2) is 0 Å². The first-order valence-electron chi connectivity index (χ1n) is 6.84. The molecule has 2 aromatic heterocycles. The number of rotatable bonds is 5. The van der Waals surface area contributed by atoms with Crippen LogP contribution in [0.5, 0.6) is 0 Å². The molecule has 1 N–H and O–H groups in total. The third-order valence-electron chi connectivity index (χ3n) is 3.25. The van der Waals surface area contributed by atoms with Gasteiger partial charge in [0.05, 0.1) is 17.9 Å². The largest absolute Gasteiger partial charge is 0.305 e. The Morgan fingerprint density at radius 3 is 2.63 bits per heavy atom. The lowest BCUT2D eigenvalue weighted by atomic mass is 10.0. The molecule has 0 aliphatic rings. The molecule has 1 atom stereocenters. The molecule has 0 aliphatic carbocycles. The SMILES string of the molecule is CCNC(c1cnn(CC)c1)c1ncc(C)cc1C.